The van der Waals surface area contributed by atoms with Crippen LogP contribution in [0.15, 0.2) is 0 Å². The Morgan fingerprint density at radius 3 is 1.67 bits per heavy atom. The minimum atomic E-state index is -0.833. The summed E-state index contributed by atoms with van der Waals surface area (Å²) in [5.74, 6) is -0.833. The summed E-state index contributed by atoms with van der Waals surface area (Å²) in [6.07, 6.45) is 0. The maximum atomic E-state index is 9.00. The molecule has 0 aliphatic heterocycles. The van der Waals surface area contributed by atoms with Crippen molar-refractivity contribution in [2.45, 2.75) is 6.92 Å². The van der Waals surface area contributed by atoms with E-state index in [2.05, 4.69) is 0 Å². The Labute approximate surface area is 80.2 Å². The summed E-state index contributed by atoms with van der Waals surface area (Å²) in [6, 6.07) is 0. The summed E-state index contributed by atoms with van der Waals surface area (Å²) in [4.78, 5) is 9.00. The second kappa shape index (κ2) is 9.67. The van der Waals surface area contributed by atoms with E-state index in [-0.39, 0.29) is 58.4 Å². The Hall–Kier alpha value is 1.44. The van der Waals surface area contributed by atoms with Gasteiger partial charge in [-0.15, -0.1) is 0 Å². The zero-order valence-electron chi connectivity index (χ0n) is 3.56. The summed E-state index contributed by atoms with van der Waals surface area (Å²) in [5.41, 5.74) is 0. The molecule has 0 fully saturated rings. The van der Waals surface area contributed by atoms with Crippen LogP contribution >= 0.6 is 0 Å². The molecule has 0 saturated heterocycles. The van der Waals surface area contributed by atoms with E-state index in [1.165, 1.54) is 0 Å². The Balaban J connectivity index is -0.0000000450. The van der Waals surface area contributed by atoms with E-state index < -0.39 is 5.97 Å². The van der Waals surface area contributed by atoms with E-state index >= 15 is 0 Å². The predicted molar refractivity (Wildman–Crippen MR) is 21.9 cm³/mol. The molecule has 2 nitrogen and oxygen atoms in total. The fourth-order valence-corrected chi connectivity index (χ4v) is 0. The summed E-state index contributed by atoms with van der Waals surface area (Å²) in [5, 5.41) is 7.42. The minimum Gasteiger partial charge on any atom is 0 e. The molecule has 34 valence electrons. The summed E-state index contributed by atoms with van der Waals surface area (Å²) < 4.78 is 0. The zero-order valence-corrected chi connectivity index (χ0v) is 13.2. The summed E-state index contributed by atoms with van der Waals surface area (Å²) in [7, 11) is 0. The molecule has 0 aliphatic rings. The molecule has 4 heteroatoms. The number of carboxylic acids is 1. The van der Waals surface area contributed by atoms with Gasteiger partial charge < -0.3 is 5.11 Å². The van der Waals surface area contributed by atoms with Crippen LogP contribution in [0.1, 0.15) is 6.92 Å². The SMILES string of the molecule is CC(=O)O.[PbH2].[U]. The molecule has 0 unspecified atom stereocenters. The Bertz CT molecular complexity index is 34.5. The number of carboxylic acid groups (broad SMARTS) is 1. The fourth-order valence-electron chi connectivity index (χ4n) is 0. The third-order valence-corrected chi connectivity index (χ3v) is 0. The van der Waals surface area contributed by atoms with Crippen molar-refractivity contribution in [2.24, 2.45) is 0 Å². The van der Waals surface area contributed by atoms with Crippen LogP contribution in [0.25, 0.3) is 0 Å². The monoisotopic (exact) mass is 508 g/mol. The van der Waals surface area contributed by atoms with Crippen molar-refractivity contribution < 1.29 is 41.0 Å². The van der Waals surface area contributed by atoms with Crippen molar-refractivity contribution in [1.82, 2.24) is 0 Å². The van der Waals surface area contributed by atoms with Crippen LogP contribution in [0.3, 0.4) is 0 Å². The Morgan fingerprint density at radius 2 is 1.67 bits per heavy atom. The van der Waals surface area contributed by atoms with Crippen molar-refractivity contribution in [2.75, 3.05) is 0 Å². The van der Waals surface area contributed by atoms with Crippen molar-refractivity contribution in [3.8, 4) is 0 Å². The first-order chi connectivity index (χ1) is 1.73. The molecule has 0 spiro atoms. The second-order valence-corrected chi connectivity index (χ2v) is 0.519. The van der Waals surface area contributed by atoms with Crippen molar-refractivity contribution in [3.63, 3.8) is 0 Å². The van der Waals surface area contributed by atoms with Gasteiger partial charge in [-0.05, 0) is 0 Å². The average molecular weight is 507 g/mol. The number of hydrogen-bond donors (Lipinski definition) is 1. The molecule has 1 N–H and O–H groups in total. The van der Waals surface area contributed by atoms with Crippen LogP contribution in [-0.4, -0.2) is 38.4 Å². The van der Waals surface area contributed by atoms with Gasteiger partial charge in [-0.25, -0.2) is 0 Å². The summed E-state index contributed by atoms with van der Waals surface area (Å²) >= 11 is 0. The first-order valence-corrected chi connectivity index (χ1v) is 0.928. The van der Waals surface area contributed by atoms with Crippen LogP contribution in [0.5, 0.6) is 0 Å². The normalized spacial score (nSPS) is 4.17. The molecule has 0 aromatic carbocycles. The Morgan fingerprint density at radius 1 is 1.67 bits per heavy atom. The average Bonchev–Trinajstić information content (AvgIpc) is 0.811. The first kappa shape index (κ1) is 15.7. The molecule has 2 radical (unpaired) electrons. The largest absolute Gasteiger partial charge is 0 e. The first-order valence-electron chi connectivity index (χ1n) is 0.928. The molecule has 0 aliphatic carbocycles. The van der Waals surface area contributed by atoms with Crippen molar-refractivity contribution >= 4 is 33.3 Å². The van der Waals surface area contributed by atoms with E-state index in [4.69, 9.17) is 9.90 Å². The van der Waals surface area contributed by atoms with Crippen LogP contribution in [0.4, 0.5) is 0 Å². The van der Waals surface area contributed by atoms with Gasteiger partial charge in [-0.1, -0.05) is 0 Å². The second-order valence-electron chi connectivity index (χ2n) is 0.519. The van der Waals surface area contributed by atoms with E-state index in [0.29, 0.717) is 0 Å². The molecule has 0 saturated carbocycles. The van der Waals surface area contributed by atoms with E-state index in [1.807, 2.05) is 0 Å². The molecule has 0 rings (SSSR count). The quantitative estimate of drug-likeness (QED) is 0.436. The van der Waals surface area contributed by atoms with Gasteiger partial charge in [0.15, 0.2) is 0 Å². The van der Waals surface area contributed by atoms with Gasteiger partial charge in [0.2, 0.25) is 0 Å². The van der Waals surface area contributed by atoms with E-state index in [0.717, 1.165) is 6.92 Å². The maximum Gasteiger partial charge on any atom is 0 e. The molecule has 0 aromatic heterocycles. The smallest absolute Gasteiger partial charge is 0 e. The predicted octanol–water partition coefficient (Wildman–Crippen LogP) is -0.825. The molecular weight excluding hydrogens is 501 g/mol. The fraction of sp³-hybridized carbons (Fsp3) is 0.500. The van der Waals surface area contributed by atoms with Gasteiger partial charge in [-0.2, -0.15) is 0 Å². The van der Waals surface area contributed by atoms with Gasteiger partial charge in [0.1, 0.15) is 0 Å². The van der Waals surface area contributed by atoms with Gasteiger partial charge in [0, 0.05) is 38.0 Å². The van der Waals surface area contributed by atoms with Gasteiger partial charge >= 0.3 is 27.3 Å². The third-order valence-electron chi connectivity index (χ3n) is 0. The molecule has 6 heavy (non-hydrogen) atoms. The van der Waals surface area contributed by atoms with Crippen molar-refractivity contribution in [3.05, 3.63) is 0 Å². The topological polar surface area (TPSA) is 37.3 Å². The number of rotatable bonds is 0. The molecule has 0 amide bonds. The minimum absolute atomic E-state index is 0. The number of hydrogen-bond acceptors (Lipinski definition) is 1. The zero-order chi connectivity index (χ0) is 3.58. The molecular formula is C2H6O2PbU. The van der Waals surface area contributed by atoms with Crippen LogP contribution in [0, 0.1) is 31.1 Å². The Kier molecular flexibility index (Phi) is 25.2. The van der Waals surface area contributed by atoms with E-state index in [9.17, 15) is 0 Å². The molecule has 0 aromatic rings. The molecule has 0 heterocycles. The van der Waals surface area contributed by atoms with Crippen molar-refractivity contribution in [1.29, 1.82) is 0 Å². The third kappa shape index (κ3) is 51.6. The molecule has 0 atom stereocenters. The summed E-state index contributed by atoms with van der Waals surface area (Å²) in [6.45, 7) is 1.08. The van der Waals surface area contributed by atoms with Gasteiger partial charge in [0.25, 0.3) is 5.97 Å². The standard InChI is InChI=1S/C2H4O2.Pb.U.2H/c1-2(3)4;;;;/h1H3,(H,3,4);;;;. The van der Waals surface area contributed by atoms with Gasteiger partial charge in [0.05, 0.1) is 0 Å². The van der Waals surface area contributed by atoms with E-state index in [1.54, 1.807) is 0 Å². The van der Waals surface area contributed by atoms with Crippen LogP contribution < -0.4 is 0 Å². The molecule has 0 bridgehead atoms. The van der Waals surface area contributed by atoms with Gasteiger partial charge in [-0.3, -0.25) is 4.79 Å². The van der Waals surface area contributed by atoms with Crippen LogP contribution in [-0.2, 0) is 4.79 Å². The van der Waals surface area contributed by atoms with Crippen LogP contribution in [0.2, 0.25) is 0 Å². The maximum absolute atomic E-state index is 9.00. The number of carbonyl (C=O) groups is 1. The number of aliphatic carboxylic acids is 1.